The second-order valence-electron chi connectivity index (χ2n) is 6.25. The molecule has 1 aliphatic rings. The van der Waals surface area contributed by atoms with Crippen molar-refractivity contribution in [2.24, 2.45) is 0 Å². The average Bonchev–Trinajstić information content (AvgIpc) is 2.66. The van der Waals surface area contributed by atoms with Crippen LogP contribution in [-0.4, -0.2) is 24.3 Å². The molecule has 1 unspecified atom stereocenters. The number of fused-ring (bicyclic) bond motifs is 1. The summed E-state index contributed by atoms with van der Waals surface area (Å²) in [5, 5.41) is 5.64. The van der Waals surface area contributed by atoms with E-state index >= 15 is 0 Å². The first-order valence-electron chi connectivity index (χ1n) is 8.58. The summed E-state index contributed by atoms with van der Waals surface area (Å²) < 4.78 is 0. The molecule has 26 heavy (non-hydrogen) atoms. The van der Waals surface area contributed by atoms with Crippen molar-refractivity contribution in [2.45, 2.75) is 25.8 Å². The van der Waals surface area contributed by atoms with E-state index in [4.69, 9.17) is 0 Å². The summed E-state index contributed by atoms with van der Waals surface area (Å²) in [6.07, 6.45) is 0.130. The number of para-hydroxylation sites is 2. The van der Waals surface area contributed by atoms with Gasteiger partial charge in [0, 0.05) is 12.8 Å². The Kier molecular flexibility index (Phi) is 5.31. The van der Waals surface area contributed by atoms with E-state index in [9.17, 15) is 14.4 Å². The number of rotatable bonds is 5. The first-order valence-corrected chi connectivity index (χ1v) is 8.58. The maximum Gasteiger partial charge on any atom is 0.244 e. The molecular weight excluding hydrogens is 330 g/mol. The molecule has 2 N–H and O–H groups in total. The molecule has 6 heteroatoms. The molecule has 0 aliphatic carbocycles. The van der Waals surface area contributed by atoms with Gasteiger partial charge in [-0.2, -0.15) is 0 Å². The smallest absolute Gasteiger partial charge is 0.244 e. The Morgan fingerprint density at radius 2 is 1.77 bits per heavy atom. The van der Waals surface area contributed by atoms with Gasteiger partial charge in [0.1, 0.15) is 6.54 Å². The summed E-state index contributed by atoms with van der Waals surface area (Å²) in [4.78, 5) is 37.9. The van der Waals surface area contributed by atoms with E-state index < -0.39 is 0 Å². The molecule has 6 nitrogen and oxygen atoms in total. The van der Waals surface area contributed by atoms with Crippen molar-refractivity contribution in [1.82, 2.24) is 5.32 Å². The van der Waals surface area contributed by atoms with Crippen molar-refractivity contribution in [2.75, 3.05) is 16.8 Å². The lowest BCUT2D eigenvalue weighted by Gasteiger charge is -2.29. The lowest BCUT2D eigenvalue weighted by Crippen LogP contribution is -2.42. The highest BCUT2D eigenvalue weighted by molar-refractivity contribution is 6.10. The molecule has 0 saturated heterocycles. The fourth-order valence-electron chi connectivity index (χ4n) is 2.95. The molecule has 1 atom stereocenters. The summed E-state index contributed by atoms with van der Waals surface area (Å²) in [5.74, 6) is -0.668. The van der Waals surface area contributed by atoms with Gasteiger partial charge in [0.2, 0.25) is 17.7 Å². The number of anilines is 2. The average molecular weight is 351 g/mol. The molecule has 0 aromatic heterocycles. The predicted octanol–water partition coefficient (Wildman–Crippen LogP) is 2.63. The molecule has 3 rings (SSSR count). The van der Waals surface area contributed by atoms with E-state index in [1.54, 1.807) is 18.2 Å². The van der Waals surface area contributed by atoms with Crippen LogP contribution in [0.15, 0.2) is 54.6 Å². The Morgan fingerprint density at radius 1 is 1.08 bits per heavy atom. The third kappa shape index (κ3) is 4.08. The molecular formula is C20H21N3O3. The lowest BCUT2D eigenvalue weighted by atomic mass is 10.1. The maximum atomic E-state index is 12.5. The second-order valence-corrected chi connectivity index (χ2v) is 6.25. The van der Waals surface area contributed by atoms with Gasteiger partial charge in [0.05, 0.1) is 17.4 Å². The zero-order valence-electron chi connectivity index (χ0n) is 14.6. The van der Waals surface area contributed by atoms with E-state index in [1.165, 1.54) is 4.90 Å². The Hall–Kier alpha value is -3.15. The van der Waals surface area contributed by atoms with Crippen LogP contribution in [0.5, 0.6) is 0 Å². The van der Waals surface area contributed by atoms with Gasteiger partial charge in [0.15, 0.2) is 0 Å². The van der Waals surface area contributed by atoms with E-state index in [1.807, 2.05) is 43.3 Å². The number of nitrogens with zero attached hydrogens (tertiary/aromatic N) is 1. The largest absolute Gasteiger partial charge is 0.350 e. The quantitative estimate of drug-likeness (QED) is 0.869. The first-order chi connectivity index (χ1) is 12.5. The molecule has 2 aromatic rings. The molecule has 1 aliphatic heterocycles. The van der Waals surface area contributed by atoms with Crippen LogP contribution < -0.4 is 15.5 Å². The van der Waals surface area contributed by atoms with Crippen LogP contribution in [0.1, 0.15) is 31.4 Å². The first kappa shape index (κ1) is 17.7. The normalized spacial score (nSPS) is 14.2. The summed E-state index contributed by atoms with van der Waals surface area (Å²) >= 11 is 0. The van der Waals surface area contributed by atoms with Gasteiger partial charge in [0.25, 0.3) is 0 Å². The Morgan fingerprint density at radius 3 is 2.54 bits per heavy atom. The predicted molar refractivity (Wildman–Crippen MR) is 99.7 cm³/mol. The van der Waals surface area contributed by atoms with Gasteiger partial charge in [-0.25, -0.2) is 0 Å². The third-order valence-corrected chi connectivity index (χ3v) is 4.31. The fraction of sp³-hybridized carbons (Fsp3) is 0.250. The molecule has 134 valence electrons. The molecule has 0 fully saturated rings. The fourth-order valence-corrected chi connectivity index (χ4v) is 2.95. The van der Waals surface area contributed by atoms with Crippen molar-refractivity contribution >= 4 is 29.1 Å². The Bertz CT molecular complexity index is 820. The molecule has 0 radical (unpaired) electrons. The van der Waals surface area contributed by atoms with Gasteiger partial charge < -0.3 is 15.5 Å². The van der Waals surface area contributed by atoms with Gasteiger partial charge in [-0.15, -0.1) is 0 Å². The van der Waals surface area contributed by atoms with Crippen molar-refractivity contribution in [1.29, 1.82) is 0 Å². The molecule has 3 amide bonds. The van der Waals surface area contributed by atoms with Crippen molar-refractivity contribution in [3.63, 3.8) is 0 Å². The SMILES string of the molecule is CC(NC(=O)CCC(=O)N1CC(=O)Nc2ccccc21)c1ccccc1. The lowest BCUT2D eigenvalue weighted by molar-refractivity contribution is -0.126. The minimum atomic E-state index is -0.241. The van der Waals surface area contributed by atoms with Crippen molar-refractivity contribution < 1.29 is 14.4 Å². The Labute approximate surface area is 152 Å². The summed E-state index contributed by atoms with van der Waals surface area (Å²) in [6, 6.07) is 16.7. The number of amides is 3. The topological polar surface area (TPSA) is 78.5 Å². The highest BCUT2D eigenvalue weighted by Crippen LogP contribution is 2.29. The van der Waals surface area contributed by atoms with Gasteiger partial charge in [-0.1, -0.05) is 42.5 Å². The standard InChI is InChI=1S/C20H21N3O3/c1-14(15-7-3-2-4-8-15)21-18(24)11-12-20(26)23-13-19(25)22-16-9-5-6-10-17(16)23/h2-10,14H,11-13H2,1H3,(H,21,24)(H,22,25). The minimum Gasteiger partial charge on any atom is -0.350 e. The molecule has 0 spiro atoms. The third-order valence-electron chi connectivity index (χ3n) is 4.31. The highest BCUT2D eigenvalue weighted by Gasteiger charge is 2.26. The number of carbonyl (C=O) groups is 3. The van der Waals surface area contributed by atoms with Gasteiger partial charge in [-0.3, -0.25) is 14.4 Å². The number of benzene rings is 2. The number of hydrogen-bond acceptors (Lipinski definition) is 3. The number of hydrogen-bond donors (Lipinski definition) is 2. The summed E-state index contributed by atoms with van der Waals surface area (Å²) in [5.41, 5.74) is 2.28. The minimum absolute atomic E-state index is 0.0299. The van der Waals surface area contributed by atoms with E-state index in [-0.39, 0.29) is 43.1 Å². The van der Waals surface area contributed by atoms with Gasteiger partial charge >= 0.3 is 0 Å². The van der Waals surface area contributed by atoms with Crippen LogP contribution in [0.4, 0.5) is 11.4 Å². The maximum absolute atomic E-state index is 12.5. The van der Waals surface area contributed by atoms with Crippen LogP contribution in [0.25, 0.3) is 0 Å². The van der Waals surface area contributed by atoms with E-state index in [0.29, 0.717) is 11.4 Å². The zero-order valence-corrected chi connectivity index (χ0v) is 14.6. The summed E-state index contributed by atoms with van der Waals surface area (Å²) in [7, 11) is 0. The van der Waals surface area contributed by atoms with Crippen LogP contribution >= 0.6 is 0 Å². The van der Waals surface area contributed by atoms with Crippen LogP contribution in [0.3, 0.4) is 0 Å². The van der Waals surface area contributed by atoms with Crippen LogP contribution in [0, 0.1) is 0 Å². The van der Waals surface area contributed by atoms with E-state index in [2.05, 4.69) is 10.6 Å². The molecule has 2 aromatic carbocycles. The highest BCUT2D eigenvalue weighted by atomic mass is 16.2. The molecule has 0 saturated carbocycles. The summed E-state index contributed by atoms with van der Waals surface area (Å²) in [6.45, 7) is 1.87. The van der Waals surface area contributed by atoms with Crippen molar-refractivity contribution in [3.8, 4) is 0 Å². The van der Waals surface area contributed by atoms with Crippen molar-refractivity contribution in [3.05, 3.63) is 60.2 Å². The van der Waals surface area contributed by atoms with Crippen LogP contribution in [-0.2, 0) is 14.4 Å². The van der Waals surface area contributed by atoms with Crippen LogP contribution in [0.2, 0.25) is 0 Å². The Balaban J connectivity index is 1.57. The van der Waals surface area contributed by atoms with E-state index in [0.717, 1.165) is 5.56 Å². The number of carbonyl (C=O) groups excluding carboxylic acids is 3. The molecule has 0 bridgehead atoms. The second kappa shape index (κ2) is 7.82. The molecule has 1 heterocycles. The zero-order chi connectivity index (χ0) is 18.5. The number of nitrogens with one attached hydrogen (secondary N) is 2. The monoisotopic (exact) mass is 351 g/mol. The van der Waals surface area contributed by atoms with Gasteiger partial charge in [-0.05, 0) is 24.6 Å².